The fourth-order valence-electron chi connectivity index (χ4n) is 2.66. The van der Waals surface area contributed by atoms with Crippen LogP contribution in [0.2, 0.25) is 0 Å². The van der Waals surface area contributed by atoms with E-state index in [1.54, 1.807) is 11.3 Å². The highest BCUT2D eigenvalue weighted by molar-refractivity contribution is 7.09. The first kappa shape index (κ1) is 16.3. The summed E-state index contributed by atoms with van der Waals surface area (Å²) in [5, 5.41) is 15.5. The Kier molecular flexibility index (Phi) is 4.64. The number of nitrogens with zero attached hydrogens (tertiary/aromatic N) is 4. The number of hydrogen-bond donors (Lipinski definition) is 1. The maximum absolute atomic E-state index is 4.38. The summed E-state index contributed by atoms with van der Waals surface area (Å²) in [6, 6.07) is 4.52. The normalized spacial score (nSPS) is 17.1. The zero-order valence-electron chi connectivity index (χ0n) is 14.3. The number of rotatable bonds is 5. The lowest BCUT2D eigenvalue weighted by Crippen LogP contribution is -2.51. The van der Waals surface area contributed by atoms with Gasteiger partial charge in [-0.05, 0) is 19.1 Å². The molecule has 0 saturated carbocycles. The van der Waals surface area contributed by atoms with E-state index < -0.39 is 0 Å². The second-order valence-electron chi connectivity index (χ2n) is 7.30. The Morgan fingerprint density at radius 1 is 1.30 bits per heavy atom. The minimum Gasteiger partial charge on any atom is -0.354 e. The largest absolute Gasteiger partial charge is 0.354 e. The number of aromatic nitrogens is 3. The summed E-state index contributed by atoms with van der Waals surface area (Å²) < 4.78 is 0. The quantitative estimate of drug-likeness (QED) is 0.913. The molecule has 1 atom stereocenters. The molecule has 2 aromatic heterocycles. The Hall–Kier alpha value is -1.53. The number of anilines is 1. The van der Waals surface area contributed by atoms with Crippen molar-refractivity contribution in [3.05, 3.63) is 34.4 Å². The summed E-state index contributed by atoms with van der Waals surface area (Å²) in [7, 11) is 0. The topological polar surface area (TPSA) is 53.9 Å². The molecule has 6 heteroatoms. The van der Waals surface area contributed by atoms with Gasteiger partial charge in [-0.25, -0.2) is 4.98 Å². The second-order valence-corrected chi connectivity index (χ2v) is 8.22. The molecule has 3 heterocycles. The standard InChI is InChI=1S/C17H25N5S/c1-12(16-18-7-8-23-16)19-9-13-10-22(11-13)15-6-5-14(20-21-15)17(2,3)4/h5-8,12-13,19H,9-11H2,1-4H3. The van der Waals surface area contributed by atoms with Gasteiger partial charge in [0, 0.05) is 42.5 Å². The van der Waals surface area contributed by atoms with Crippen LogP contribution >= 0.6 is 11.3 Å². The molecule has 0 spiro atoms. The van der Waals surface area contributed by atoms with Crippen LogP contribution in [0, 0.1) is 5.92 Å². The van der Waals surface area contributed by atoms with Crippen molar-refractivity contribution < 1.29 is 0 Å². The molecule has 1 unspecified atom stereocenters. The molecule has 1 aliphatic rings. The van der Waals surface area contributed by atoms with Crippen LogP contribution in [0.1, 0.15) is 44.4 Å². The molecule has 0 aliphatic carbocycles. The highest BCUT2D eigenvalue weighted by Crippen LogP contribution is 2.25. The summed E-state index contributed by atoms with van der Waals surface area (Å²) in [5.41, 5.74) is 1.09. The first-order valence-electron chi connectivity index (χ1n) is 8.15. The molecule has 1 aliphatic heterocycles. The Balaban J connectivity index is 1.46. The fraction of sp³-hybridized carbons (Fsp3) is 0.588. The van der Waals surface area contributed by atoms with Gasteiger partial charge < -0.3 is 10.2 Å². The lowest BCUT2D eigenvalue weighted by Gasteiger charge is -2.40. The molecule has 0 amide bonds. The number of nitrogens with one attached hydrogen (secondary N) is 1. The number of hydrogen-bond acceptors (Lipinski definition) is 6. The van der Waals surface area contributed by atoms with E-state index in [2.05, 4.69) is 65.2 Å². The van der Waals surface area contributed by atoms with Crippen LogP contribution in [-0.4, -0.2) is 34.8 Å². The van der Waals surface area contributed by atoms with Crippen LogP contribution in [0.5, 0.6) is 0 Å². The number of thiazole rings is 1. The van der Waals surface area contributed by atoms with Crippen LogP contribution in [0.15, 0.2) is 23.7 Å². The van der Waals surface area contributed by atoms with Gasteiger partial charge >= 0.3 is 0 Å². The molecule has 124 valence electrons. The Morgan fingerprint density at radius 3 is 2.65 bits per heavy atom. The average Bonchev–Trinajstić information content (AvgIpc) is 2.99. The molecule has 0 radical (unpaired) electrons. The van der Waals surface area contributed by atoms with Gasteiger partial charge in [0.05, 0.1) is 11.7 Å². The zero-order chi connectivity index (χ0) is 16.4. The SMILES string of the molecule is CC(NCC1CN(c2ccc(C(C)(C)C)nn2)C1)c1nccs1. The molecule has 3 rings (SSSR count). The molecular weight excluding hydrogens is 306 g/mol. The summed E-state index contributed by atoms with van der Waals surface area (Å²) in [5.74, 6) is 1.66. The van der Waals surface area contributed by atoms with Crippen molar-refractivity contribution in [1.29, 1.82) is 0 Å². The minimum atomic E-state index is 0.0545. The molecular formula is C17H25N5S. The van der Waals surface area contributed by atoms with Crippen LogP contribution < -0.4 is 10.2 Å². The monoisotopic (exact) mass is 331 g/mol. The van der Waals surface area contributed by atoms with Gasteiger partial charge in [-0.15, -0.1) is 16.4 Å². The van der Waals surface area contributed by atoms with Gasteiger partial charge in [0.15, 0.2) is 5.82 Å². The van der Waals surface area contributed by atoms with Crippen LogP contribution in [0.25, 0.3) is 0 Å². The molecule has 5 nitrogen and oxygen atoms in total. The second kappa shape index (κ2) is 6.53. The van der Waals surface area contributed by atoms with Gasteiger partial charge in [0.1, 0.15) is 5.01 Å². The molecule has 23 heavy (non-hydrogen) atoms. The highest BCUT2D eigenvalue weighted by atomic mass is 32.1. The summed E-state index contributed by atoms with van der Waals surface area (Å²) >= 11 is 1.71. The third-order valence-corrected chi connectivity index (χ3v) is 5.19. The molecule has 1 N–H and O–H groups in total. The van der Waals surface area contributed by atoms with E-state index in [1.807, 2.05) is 11.6 Å². The molecule has 1 saturated heterocycles. The van der Waals surface area contributed by atoms with Crippen molar-refractivity contribution in [2.75, 3.05) is 24.5 Å². The van der Waals surface area contributed by atoms with Crippen molar-refractivity contribution in [2.24, 2.45) is 5.92 Å². The minimum absolute atomic E-state index is 0.0545. The van der Waals surface area contributed by atoms with Gasteiger partial charge in [-0.3, -0.25) is 0 Å². The lowest BCUT2D eigenvalue weighted by atomic mass is 9.92. The van der Waals surface area contributed by atoms with Gasteiger partial charge in [0.2, 0.25) is 0 Å². The molecule has 0 bridgehead atoms. The first-order valence-corrected chi connectivity index (χ1v) is 9.03. The predicted molar refractivity (Wildman–Crippen MR) is 95.0 cm³/mol. The van der Waals surface area contributed by atoms with Crippen LogP contribution in [0.3, 0.4) is 0 Å². The van der Waals surface area contributed by atoms with Crippen LogP contribution in [0.4, 0.5) is 5.82 Å². The van der Waals surface area contributed by atoms with Crippen LogP contribution in [-0.2, 0) is 5.41 Å². The van der Waals surface area contributed by atoms with Crippen molar-refractivity contribution in [1.82, 2.24) is 20.5 Å². The van der Waals surface area contributed by atoms with Gasteiger partial charge in [-0.2, -0.15) is 5.10 Å². The first-order chi connectivity index (χ1) is 10.9. The summed E-state index contributed by atoms with van der Waals surface area (Å²) in [6.07, 6.45) is 1.86. The van der Waals surface area contributed by atoms with Crippen molar-refractivity contribution in [3.63, 3.8) is 0 Å². The van der Waals surface area contributed by atoms with Crippen molar-refractivity contribution >= 4 is 17.2 Å². The average molecular weight is 331 g/mol. The third-order valence-electron chi connectivity index (χ3n) is 4.23. The van der Waals surface area contributed by atoms with E-state index in [1.165, 1.54) is 0 Å². The predicted octanol–water partition coefficient (Wildman–Crippen LogP) is 3.02. The Bertz CT molecular complexity index is 611. The van der Waals surface area contributed by atoms with Gasteiger partial charge in [0.25, 0.3) is 0 Å². The van der Waals surface area contributed by atoms with E-state index in [0.29, 0.717) is 12.0 Å². The molecule has 2 aromatic rings. The molecule has 1 fully saturated rings. The maximum Gasteiger partial charge on any atom is 0.151 e. The van der Waals surface area contributed by atoms with E-state index >= 15 is 0 Å². The summed E-state index contributed by atoms with van der Waals surface area (Å²) in [6.45, 7) is 11.8. The van der Waals surface area contributed by atoms with Crippen molar-refractivity contribution in [2.45, 2.75) is 39.2 Å². The zero-order valence-corrected chi connectivity index (χ0v) is 15.1. The molecule has 0 aromatic carbocycles. The lowest BCUT2D eigenvalue weighted by molar-refractivity contribution is 0.365. The van der Waals surface area contributed by atoms with Gasteiger partial charge in [-0.1, -0.05) is 20.8 Å². The van der Waals surface area contributed by atoms with E-state index in [9.17, 15) is 0 Å². The Labute approximate surface area is 142 Å². The Morgan fingerprint density at radius 2 is 2.09 bits per heavy atom. The van der Waals surface area contributed by atoms with E-state index in [4.69, 9.17) is 0 Å². The van der Waals surface area contributed by atoms with Crippen molar-refractivity contribution in [3.8, 4) is 0 Å². The third kappa shape index (κ3) is 3.87. The van der Waals surface area contributed by atoms with E-state index in [-0.39, 0.29) is 5.41 Å². The summed E-state index contributed by atoms with van der Waals surface area (Å²) in [4.78, 5) is 6.65. The highest BCUT2D eigenvalue weighted by Gasteiger charge is 2.28. The maximum atomic E-state index is 4.38. The fourth-order valence-corrected chi connectivity index (χ4v) is 3.33. The smallest absolute Gasteiger partial charge is 0.151 e. The van der Waals surface area contributed by atoms with E-state index in [0.717, 1.165) is 36.2 Å².